The zero-order valence-electron chi connectivity index (χ0n) is 15.1. The molecule has 1 aromatic carbocycles. The predicted octanol–water partition coefficient (Wildman–Crippen LogP) is 3.37. The van der Waals surface area contributed by atoms with Crippen molar-refractivity contribution < 1.29 is 0 Å². The molecule has 2 aromatic heterocycles. The van der Waals surface area contributed by atoms with Crippen LogP contribution in [0.1, 0.15) is 12.5 Å². The SMILES string of the molecule is C/C(Cl)=C/CSc1nc2c(c(=O)n(Cc3ccc(Cl)cc3)c(=O)n2C)n1C. The van der Waals surface area contributed by atoms with Crippen molar-refractivity contribution in [2.45, 2.75) is 18.6 Å². The maximum absolute atomic E-state index is 13.0. The molecule has 0 aliphatic rings. The van der Waals surface area contributed by atoms with Crippen molar-refractivity contribution in [3.8, 4) is 0 Å². The molecule has 0 atom stereocenters. The van der Waals surface area contributed by atoms with Crippen LogP contribution in [0.25, 0.3) is 11.2 Å². The van der Waals surface area contributed by atoms with E-state index >= 15 is 0 Å². The van der Waals surface area contributed by atoms with Crippen molar-refractivity contribution in [3.63, 3.8) is 0 Å². The Balaban J connectivity index is 2.10. The second-order valence-corrected chi connectivity index (χ2v) is 8.11. The van der Waals surface area contributed by atoms with E-state index in [1.165, 1.54) is 20.9 Å². The largest absolute Gasteiger partial charge is 0.332 e. The van der Waals surface area contributed by atoms with Crippen LogP contribution in [0.5, 0.6) is 0 Å². The third-order valence-electron chi connectivity index (χ3n) is 4.15. The van der Waals surface area contributed by atoms with Gasteiger partial charge in [0.05, 0.1) is 6.54 Å². The number of aromatic nitrogens is 4. The maximum atomic E-state index is 13.0. The van der Waals surface area contributed by atoms with Gasteiger partial charge < -0.3 is 4.57 Å². The molecule has 0 bridgehead atoms. The fourth-order valence-electron chi connectivity index (χ4n) is 2.70. The average Bonchev–Trinajstić information content (AvgIpc) is 2.95. The Bertz CT molecular complexity index is 1140. The molecule has 0 fully saturated rings. The van der Waals surface area contributed by atoms with E-state index in [0.29, 0.717) is 32.1 Å². The third kappa shape index (κ3) is 4.00. The smallest absolute Gasteiger partial charge is 0.316 e. The molecule has 3 aromatic rings. The van der Waals surface area contributed by atoms with Crippen molar-refractivity contribution >= 4 is 46.1 Å². The Kier molecular flexibility index (Phi) is 5.83. The minimum atomic E-state index is -0.409. The Hall–Kier alpha value is -1.96. The summed E-state index contributed by atoms with van der Waals surface area (Å²) >= 11 is 13.2. The van der Waals surface area contributed by atoms with Crippen molar-refractivity contribution in [1.29, 1.82) is 0 Å². The van der Waals surface area contributed by atoms with Gasteiger partial charge in [-0.25, -0.2) is 9.78 Å². The molecule has 0 saturated carbocycles. The van der Waals surface area contributed by atoms with Gasteiger partial charge in [0.15, 0.2) is 16.3 Å². The van der Waals surface area contributed by atoms with E-state index in [0.717, 1.165) is 5.56 Å². The van der Waals surface area contributed by atoms with E-state index in [-0.39, 0.29) is 12.1 Å². The van der Waals surface area contributed by atoms with Crippen molar-refractivity contribution in [1.82, 2.24) is 18.7 Å². The zero-order valence-corrected chi connectivity index (χ0v) is 17.4. The molecule has 0 amide bonds. The molecule has 0 saturated heterocycles. The minimum Gasteiger partial charge on any atom is -0.316 e. The summed E-state index contributed by atoms with van der Waals surface area (Å²) in [5.41, 5.74) is 0.800. The number of benzene rings is 1. The highest BCUT2D eigenvalue weighted by molar-refractivity contribution is 7.99. The van der Waals surface area contributed by atoms with Crippen LogP contribution >= 0.6 is 35.0 Å². The standard InChI is InChI=1S/C18H18Cl2N4O2S/c1-11(19)8-9-27-17-21-15-14(22(17)2)16(25)24(18(26)23(15)3)10-12-4-6-13(20)7-5-12/h4-8H,9-10H2,1-3H3/b11-8-. The predicted molar refractivity (Wildman–Crippen MR) is 111 cm³/mol. The maximum Gasteiger partial charge on any atom is 0.332 e. The fraction of sp³-hybridized carbons (Fsp3) is 0.278. The van der Waals surface area contributed by atoms with Gasteiger partial charge in [-0.3, -0.25) is 13.9 Å². The molecule has 0 spiro atoms. The minimum absolute atomic E-state index is 0.167. The molecule has 0 radical (unpaired) electrons. The molecule has 0 unspecified atom stereocenters. The number of halogens is 2. The van der Waals surface area contributed by atoms with Gasteiger partial charge in [-0.1, -0.05) is 53.2 Å². The van der Waals surface area contributed by atoms with Gasteiger partial charge in [0.2, 0.25) is 0 Å². The highest BCUT2D eigenvalue weighted by atomic mass is 35.5. The second kappa shape index (κ2) is 7.96. The quantitative estimate of drug-likeness (QED) is 0.589. The molecule has 27 heavy (non-hydrogen) atoms. The Morgan fingerprint density at radius 1 is 1.19 bits per heavy atom. The molecular weight excluding hydrogens is 407 g/mol. The van der Waals surface area contributed by atoms with Crippen LogP contribution in [0.15, 0.2) is 50.1 Å². The summed E-state index contributed by atoms with van der Waals surface area (Å²) in [4.78, 5) is 30.2. The van der Waals surface area contributed by atoms with Crippen LogP contribution in [0.3, 0.4) is 0 Å². The zero-order chi connectivity index (χ0) is 19.7. The number of hydrogen-bond donors (Lipinski definition) is 0. The Morgan fingerprint density at radius 2 is 1.85 bits per heavy atom. The first-order valence-corrected chi connectivity index (χ1v) is 9.89. The van der Waals surface area contributed by atoms with Gasteiger partial charge >= 0.3 is 5.69 Å². The molecule has 0 aliphatic heterocycles. The van der Waals surface area contributed by atoms with Crippen LogP contribution in [0.2, 0.25) is 5.02 Å². The van der Waals surface area contributed by atoms with Gasteiger partial charge in [0.1, 0.15) is 0 Å². The summed E-state index contributed by atoms with van der Waals surface area (Å²) in [5.74, 6) is 0.624. The molecule has 6 nitrogen and oxygen atoms in total. The highest BCUT2D eigenvalue weighted by Gasteiger charge is 2.18. The summed E-state index contributed by atoms with van der Waals surface area (Å²) in [7, 11) is 3.39. The van der Waals surface area contributed by atoms with Gasteiger partial charge in [-0.2, -0.15) is 0 Å². The van der Waals surface area contributed by atoms with Crippen LogP contribution < -0.4 is 11.2 Å². The van der Waals surface area contributed by atoms with Crippen LogP contribution in [-0.2, 0) is 20.6 Å². The lowest BCUT2D eigenvalue weighted by atomic mass is 10.2. The van der Waals surface area contributed by atoms with Gasteiger partial charge in [-0.15, -0.1) is 0 Å². The molecule has 3 rings (SSSR count). The summed E-state index contributed by atoms with van der Waals surface area (Å²) in [6, 6.07) is 7.06. The van der Waals surface area contributed by atoms with E-state index < -0.39 is 5.69 Å². The van der Waals surface area contributed by atoms with E-state index in [2.05, 4.69) is 4.98 Å². The highest BCUT2D eigenvalue weighted by Crippen LogP contribution is 2.21. The van der Waals surface area contributed by atoms with Crippen molar-refractivity contribution in [3.05, 3.63) is 66.8 Å². The van der Waals surface area contributed by atoms with Gasteiger partial charge in [0, 0.05) is 29.9 Å². The van der Waals surface area contributed by atoms with E-state index in [1.54, 1.807) is 49.9 Å². The number of rotatable bonds is 5. The second-order valence-electron chi connectivity index (χ2n) is 6.09. The van der Waals surface area contributed by atoms with Crippen LogP contribution in [0, 0.1) is 0 Å². The number of fused-ring (bicyclic) bond motifs is 1. The topological polar surface area (TPSA) is 61.8 Å². The number of imidazole rings is 1. The monoisotopic (exact) mass is 424 g/mol. The summed E-state index contributed by atoms with van der Waals surface area (Å²) in [6.07, 6.45) is 1.86. The van der Waals surface area contributed by atoms with E-state index in [1.807, 2.05) is 6.08 Å². The lowest BCUT2D eigenvalue weighted by Gasteiger charge is -2.09. The molecule has 9 heteroatoms. The molecule has 142 valence electrons. The number of hydrogen-bond acceptors (Lipinski definition) is 4. The van der Waals surface area contributed by atoms with Crippen molar-refractivity contribution in [2.75, 3.05) is 5.75 Å². The molecule has 0 aliphatic carbocycles. The Morgan fingerprint density at radius 3 is 2.48 bits per heavy atom. The van der Waals surface area contributed by atoms with Gasteiger partial charge in [0.25, 0.3) is 5.56 Å². The fourth-order valence-corrected chi connectivity index (χ4v) is 3.91. The van der Waals surface area contributed by atoms with Crippen LogP contribution in [0.4, 0.5) is 0 Å². The number of nitrogens with zero attached hydrogens (tertiary/aromatic N) is 4. The molecule has 2 heterocycles. The first-order valence-electron chi connectivity index (χ1n) is 8.15. The summed E-state index contributed by atoms with van der Waals surface area (Å²) < 4.78 is 4.33. The first kappa shape index (κ1) is 19.8. The summed E-state index contributed by atoms with van der Waals surface area (Å²) in [6.45, 7) is 1.97. The Labute approximate surface area is 170 Å². The molecule has 0 N–H and O–H groups in total. The lowest BCUT2D eigenvalue weighted by molar-refractivity contribution is 0.655. The number of thioether (sulfide) groups is 1. The lowest BCUT2D eigenvalue weighted by Crippen LogP contribution is -2.39. The van der Waals surface area contributed by atoms with Gasteiger partial charge in [-0.05, 0) is 24.6 Å². The third-order valence-corrected chi connectivity index (χ3v) is 5.51. The number of allylic oxidation sites excluding steroid dienone is 1. The van der Waals surface area contributed by atoms with E-state index in [9.17, 15) is 9.59 Å². The normalized spacial score (nSPS) is 12.1. The number of aryl methyl sites for hydroxylation is 2. The first-order chi connectivity index (χ1) is 12.8. The van der Waals surface area contributed by atoms with Crippen molar-refractivity contribution in [2.24, 2.45) is 14.1 Å². The summed E-state index contributed by atoms with van der Waals surface area (Å²) in [5, 5.41) is 1.94. The van der Waals surface area contributed by atoms with Crippen LogP contribution in [-0.4, -0.2) is 24.4 Å². The molecular formula is C18H18Cl2N4O2S. The average molecular weight is 425 g/mol. The van der Waals surface area contributed by atoms with E-state index in [4.69, 9.17) is 23.2 Å².